The lowest BCUT2D eigenvalue weighted by atomic mass is 9.60. The molecule has 24 heavy (non-hydrogen) atoms. The van der Waals surface area contributed by atoms with Crippen molar-refractivity contribution >= 4 is 11.7 Å². The zero-order valence-corrected chi connectivity index (χ0v) is 14.2. The van der Waals surface area contributed by atoms with E-state index in [1.807, 2.05) is 6.92 Å². The molecule has 1 amide bonds. The Morgan fingerprint density at radius 1 is 1.54 bits per heavy atom. The summed E-state index contributed by atoms with van der Waals surface area (Å²) < 4.78 is 7.37. The van der Waals surface area contributed by atoms with E-state index in [0.29, 0.717) is 12.4 Å². The minimum atomic E-state index is -0.548. The molecule has 0 bridgehead atoms. The highest BCUT2D eigenvalue weighted by Crippen LogP contribution is 2.54. The number of hydrogen-bond donors (Lipinski definition) is 1. The summed E-state index contributed by atoms with van der Waals surface area (Å²) in [5, 5.41) is 13.9. The van der Waals surface area contributed by atoms with E-state index in [2.05, 4.69) is 10.3 Å². The van der Waals surface area contributed by atoms with Gasteiger partial charge in [0.1, 0.15) is 12.7 Å². The lowest BCUT2D eigenvalue weighted by Crippen LogP contribution is -2.64. The van der Waals surface area contributed by atoms with Crippen LogP contribution in [0.15, 0.2) is 6.20 Å². The summed E-state index contributed by atoms with van der Waals surface area (Å²) in [6.45, 7) is 4.42. The van der Waals surface area contributed by atoms with Gasteiger partial charge in [0.25, 0.3) is 0 Å². The topological polar surface area (TPSA) is 99.3 Å². The summed E-state index contributed by atoms with van der Waals surface area (Å²) in [7, 11) is 0. The Labute approximate surface area is 140 Å². The number of rotatable bonds is 6. The van der Waals surface area contributed by atoms with Crippen LogP contribution in [0.3, 0.4) is 0 Å². The summed E-state index contributed by atoms with van der Waals surface area (Å²) in [4.78, 5) is 26.4. The van der Waals surface area contributed by atoms with E-state index in [1.54, 1.807) is 6.92 Å². The van der Waals surface area contributed by atoms with Crippen LogP contribution in [0.2, 0.25) is 0 Å². The number of aromatic nitrogens is 2. The third-order valence-corrected chi connectivity index (χ3v) is 5.49. The molecular formula is C16H24N4O4. The first kappa shape index (κ1) is 16.9. The zero-order chi connectivity index (χ0) is 17.3. The third kappa shape index (κ3) is 2.90. The van der Waals surface area contributed by atoms with E-state index < -0.39 is 4.92 Å². The molecule has 1 aromatic rings. The minimum Gasteiger partial charge on any atom is -0.378 e. The van der Waals surface area contributed by atoms with Crippen LogP contribution in [0.1, 0.15) is 44.9 Å². The van der Waals surface area contributed by atoms with Gasteiger partial charge in [-0.1, -0.05) is 12.8 Å². The van der Waals surface area contributed by atoms with Crippen LogP contribution in [0.5, 0.6) is 0 Å². The number of nitro groups is 1. The molecule has 1 aromatic heterocycles. The van der Waals surface area contributed by atoms with E-state index in [-0.39, 0.29) is 35.8 Å². The number of imidazole rings is 1. The Hall–Kier alpha value is -1.96. The van der Waals surface area contributed by atoms with Crippen LogP contribution >= 0.6 is 0 Å². The van der Waals surface area contributed by atoms with Gasteiger partial charge in [-0.15, -0.1) is 0 Å². The molecule has 1 heterocycles. The number of carbonyl (C=O) groups is 1. The molecule has 1 N–H and O–H groups in total. The van der Waals surface area contributed by atoms with Crippen molar-refractivity contribution in [1.29, 1.82) is 0 Å². The SMILES string of the molecule is CCOC1CC(NC(=O)Cn2cc([N+](=O)[O-])nc2C)C12CCCC2. The predicted molar refractivity (Wildman–Crippen MR) is 86.5 cm³/mol. The predicted octanol–water partition coefficient (Wildman–Crippen LogP) is 1.95. The molecule has 8 heteroatoms. The highest BCUT2D eigenvalue weighted by Gasteiger charge is 2.57. The number of nitrogens with one attached hydrogen (secondary N) is 1. The fourth-order valence-electron chi connectivity index (χ4n) is 4.22. The second-order valence-electron chi connectivity index (χ2n) is 6.77. The van der Waals surface area contributed by atoms with Crippen molar-refractivity contribution in [3.8, 4) is 0 Å². The van der Waals surface area contributed by atoms with Crippen molar-refractivity contribution < 1.29 is 14.5 Å². The smallest absolute Gasteiger partial charge is 0.378 e. The molecule has 8 nitrogen and oxygen atoms in total. The quantitative estimate of drug-likeness (QED) is 0.632. The molecule has 2 saturated carbocycles. The molecule has 0 saturated heterocycles. The summed E-state index contributed by atoms with van der Waals surface area (Å²) >= 11 is 0. The van der Waals surface area contributed by atoms with Gasteiger partial charge in [0.2, 0.25) is 11.7 Å². The molecule has 1 spiro atoms. The van der Waals surface area contributed by atoms with E-state index in [0.717, 1.165) is 19.3 Å². The molecule has 0 aromatic carbocycles. The molecule has 0 aliphatic heterocycles. The fraction of sp³-hybridized carbons (Fsp3) is 0.750. The molecule has 132 valence electrons. The summed E-state index contributed by atoms with van der Waals surface area (Å²) in [6.07, 6.45) is 6.96. The van der Waals surface area contributed by atoms with E-state index in [9.17, 15) is 14.9 Å². The maximum Gasteiger partial charge on any atom is 0.381 e. The number of nitrogens with zero attached hydrogens (tertiary/aromatic N) is 3. The normalized spacial score (nSPS) is 24.8. The first-order chi connectivity index (χ1) is 11.5. The number of hydrogen-bond acceptors (Lipinski definition) is 5. The van der Waals surface area contributed by atoms with Gasteiger partial charge in [0, 0.05) is 25.0 Å². The molecule has 3 rings (SSSR count). The van der Waals surface area contributed by atoms with Gasteiger partial charge in [-0.05, 0) is 36.1 Å². The van der Waals surface area contributed by atoms with Crippen LogP contribution in [-0.2, 0) is 16.1 Å². The maximum atomic E-state index is 12.4. The Balaban J connectivity index is 1.62. The lowest BCUT2D eigenvalue weighted by Gasteiger charge is -2.54. The average Bonchev–Trinajstić information content (AvgIpc) is 3.16. The van der Waals surface area contributed by atoms with Crippen molar-refractivity contribution in [3.05, 3.63) is 22.1 Å². The second-order valence-corrected chi connectivity index (χ2v) is 6.77. The molecule has 2 unspecified atom stereocenters. The summed E-state index contributed by atoms with van der Waals surface area (Å²) in [5.74, 6) is 0.109. The molecule has 2 fully saturated rings. The second kappa shape index (κ2) is 6.51. The Bertz CT molecular complexity index is 636. The number of aryl methyl sites for hydroxylation is 1. The van der Waals surface area contributed by atoms with Crippen molar-refractivity contribution in [2.45, 2.75) is 64.6 Å². The van der Waals surface area contributed by atoms with Crippen molar-refractivity contribution in [3.63, 3.8) is 0 Å². The largest absolute Gasteiger partial charge is 0.381 e. The molecule has 2 atom stereocenters. The zero-order valence-electron chi connectivity index (χ0n) is 14.2. The van der Waals surface area contributed by atoms with Gasteiger partial charge in [0.05, 0.1) is 6.10 Å². The third-order valence-electron chi connectivity index (χ3n) is 5.49. The van der Waals surface area contributed by atoms with E-state index in [1.165, 1.54) is 23.6 Å². The maximum absolute atomic E-state index is 12.4. The number of ether oxygens (including phenoxy) is 1. The van der Waals surface area contributed by atoms with Gasteiger partial charge in [-0.25, -0.2) is 0 Å². The monoisotopic (exact) mass is 336 g/mol. The highest BCUT2D eigenvalue weighted by molar-refractivity contribution is 5.76. The van der Waals surface area contributed by atoms with Crippen LogP contribution in [-0.4, -0.2) is 39.1 Å². The minimum absolute atomic E-state index is 0.0541. The first-order valence-corrected chi connectivity index (χ1v) is 8.55. The summed E-state index contributed by atoms with van der Waals surface area (Å²) in [6, 6.07) is 0.142. The number of amides is 1. The fourth-order valence-corrected chi connectivity index (χ4v) is 4.22. The summed E-state index contributed by atoms with van der Waals surface area (Å²) in [5.41, 5.74) is 0.0850. The van der Waals surface area contributed by atoms with Gasteiger partial charge >= 0.3 is 5.82 Å². The van der Waals surface area contributed by atoms with Gasteiger partial charge in [-0.3, -0.25) is 9.36 Å². The Morgan fingerprint density at radius 3 is 2.83 bits per heavy atom. The van der Waals surface area contributed by atoms with Crippen molar-refractivity contribution in [2.75, 3.05) is 6.61 Å². The Morgan fingerprint density at radius 2 is 2.25 bits per heavy atom. The molecule has 2 aliphatic rings. The first-order valence-electron chi connectivity index (χ1n) is 8.55. The van der Waals surface area contributed by atoms with Crippen LogP contribution in [0.25, 0.3) is 0 Å². The van der Waals surface area contributed by atoms with Crippen molar-refractivity contribution in [2.24, 2.45) is 5.41 Å². The highest BCUT2D eigenvalue weighted by atomic mass is 16.6. The number of carbonyl (C=O) groups excluding carboxylic acids is 1. The van der Waals surface area contributed by atoms with Crippen LogP contribution in [0, 0.1) is 22.5 Å². The van der Waals surface area contributed by atoms with Gasteiger partial charge in [0.15, 0.2) is 0 Å². The van der Waals surface area contributed by atoms with Crippen LogP contribution in [0.4, 0.5) is 5.82 Å². The van der Waals surface area contributed by atoms with Crippen molar-refractivity contribution in [1.82, 2.24) is 14.9 Å². The van der Waals surface area contributed by atoms with Gasteiger partial charge < -0.3 is 20.2 Å². The Kier molecular flexibility index (Phi) is 4.58. The van der Waals surface area contributed by atoms with E-state index >= 15 is 0 Å². The van der Waals surface area contributed by atoms with Gasteiger partial charge in [-0.2, -0.15) is 0 Å². The molecule has 0 radical (unpaired) electrons. The van der Waals surface area contributed by atoms with Crippen LogP contribution < -0.4 is 5.32 Å². The van der Waals surface area contributed by atoms with E-state index in [4.69, 9.17) is 4.74 Å². The standard InChI is InChI=1S/C16H24N4O4/c1-3-24-13-8-12(16(13)6-4-5-7-16)18-15(21)10-19-9-14(20(22)23)17-11(19)2/h9,12-13H,3-8,10H2,1-2H3,(H,18,21). The lowest BCUT2D eigenvalue weighted by molar-refractivity contribution is -0.389. The molecule has 2 aliphatic carbocycles. The molecular weight excluding hydrogens is 312 g/mol. The average molecular weight is 336 g/mol.